The van der Waals surface area contributed by atoms with E-state index < -0.39 is 0 Å². The SMILES string of the molecule is Cc1ccccc1CSC1NNC(c2ccccc2)C(=O)N1. The van der Waals surface area contributed by atoms with E-state index in [-0.39, 0.29) is 17.4 Å². The minimum atomic E-state index is -0.350. The summed E-state index contributed by atoms with van der Waals surface area (Å²) in [5.74, 6) is 0.842. The van der Waals surface area contributed by atoms with Crippen LogP contribution in [0.5, 0.6) is 0 Å². The first-order valence-corrected chi connectivity index (χ1v) is 8.31. The monoisotopic (exact) mass is 313 g/mol. The van der Waals surface area contributed by atoms with E-state index in [0.29, 0.717) is 0 Å². The normalized spacial score (nSPS) is 21.4. The average molecular weight is 313 g/mol. The Balaban J connectivity index is 1.57. The first-order chi connectivity index (χ1) is 10.7. The van der Waals surface area contributed by atoms with Crippen LogP contribution in [0.25, 0.3) is 0 Å². The number of aryl methyl sites for hydroxylation is 1. The lowest BCUT2D eigenvalue weighted by molar-refractivity contribution is -0.125. The number of thioether (sulfide) groups is 1. The molecule has 2 atom stereocenters. The summed E-state index contributed by atoms with van der Waals surface area (Å²) in [5, 5.41) is 3.01. The summed E-state index contributed by atoms with van der Waals surface area (Å²) in [6.45, 7) is 2.10. The second kappa shape index (κ2) is 6.96. The fraction of sp³-hybridized carbons (Fsp3) is 0.235. The van der Waals surface area contributed by atoms with Gasteiger partial charge in [0.25, 0.3) is 0 Å². The van der Waals surface area contributed by atoms with Crippen LogP contribution in [0.1, 0.15) is 22.7 Å². The van der Waals surface area contributed by atoms with Crippen LogP contribution in [-0.2, 0) is 10.5 Å². The van der Waals surface area contributed by atoms with Crippen molar-refractivity contribution in [2.45, 2.75) is 24.2 Å². The first-order valence-electron chi connectivity index (χ1n) is 7.26. The van der Waals surface area contributed by atoms with E-state index in [2.05, 4.69) is 35.2 Å². The lowest BCUT2D eigenvalue weighted by atomic mass is 10.1. The number of benzene rings is 2. The molecular formula is C17H19N3OS. The van der Waals surface area contributed by atoms with Crippen molar-refractivity contribution in [3.63, 3.8) is 0 Å². The van der Waals surface area contributed by atoms with Crippen molar-refractivity contribution in [3.05, 3.63) is 71.3 Å². The van der Waals surface area contributed by atoms with Gasteiger partial charge in [0.1, 0.15) is 11.5 Å². The molecule has 4 nitrogen and oxygen atoms in total. The van der Waals surface area contributed by atoms with Gasteiger partial charge in [0.15, 0.2) is 0 Å². The number of carbonyl (C=O) groups is 1. The van der Waals surface area contributed by atoms with Gasteiger partial charge in [-0.3, -0.25) is 4.79 Å². The van der Waals surface area contributed by atoms with E-state index in [1.54, 1.807) is 11.8 Å². The molecule has 3 rings (SSSR count). The molecule has 1 aliphatic rings. The van der Waals surface area contributed by atoms with Gasteiger partial charge in [-0.1, -0.05) is 54.6 Å². The zero-order valence-corrected chi connectivity index (χ0v) is 13.2. The highest BCUT2D eigenvalue weighted by Gasteiger charge is 2.28. The summed E-state index contributed by atoms with van der Waals surface area (Å²) in [6, 6.07) is 17.6. The van der Waals surface area contributed by atoms with Crippen LogP contribution in [0.3, 0.4) is 0 Å². The molecule has 0 radical (unpaired) electrons. The van der Waals surface area contributed by atoms with Crippen LogP contribution < -0.4 is 16.2 Å². The third-order valence-electron chi connectivity index (χ3n) is 3.69. The molecular weight excluding hydrogens is 294 g/mol. The standard InChI is InChI=1S/C17H19N3OS/c1-12-7-5-6-10-14(12)11-22-17-18-16(21)15(19-20-17)13-8-3-2-4-9-13/h2-10,15,17,19-20H,11H2,1H3,(H,18,21). The molecule has 0 saturated carbocycles. The second-order valence-corrected chi connectivity index (χ2v) is 6.35. The van der Waals surface area contributed by atoms with Crippen LogP contribution in [0, 0.1) is 6.92 Å². The zero-order valence-electron chi connectivity index (χ0n) is 12.4. The first kappa shape index (κ1) is 15.1. The van der Waals surface area contributed by atoms with E-state index in [4.69, 9.17) is 0 Å². The molecule has 2 aromatic rings. The third kappa shape index (κ3) is 3.50. The number of amides is 1. The molecule has 22 heavy (non-hydrogen) atoms. The zero-order chi connectivity index (χ0) is 15.4. The molecule has 1 aliphatic heterocycles. The maximum atomic E-state index is 12.3. The number of carbonyl (C=O) groups excluding carboxylic acids is 1. The molecule has 1 amide bonds. The molecule has 0 aromatic heterocycles. The average Bonchev–Trinajstić information content (AvgIpc) is 2.55. The van der Waals surface area contributed by atoms with Crippen molar-refractivity contribution in [2.24, 2.45) is 0 Å². The summed E-state index contributed by atoms with van der Waals surface area (Å²) in [7, 11) is 0. The van der Waals surface area contributed by atoms with E-state index in [0.717, 1.165) is 11.3 Å². The Morgan fingerprint density at radius 3 is 2.45 bits per heavy atom. The topological polar surface area (TPSA) is 53.2 Å². The van der Waals surface area contributed by atoms with Crippen molar-refractivity contribution >= 4 is 17.7 Å². The van der Waals surface area contributed by atoms with E-state index in [9.17, 15) is 4.79 Å². The predicted octanol–water partition coefficient (Wildman–Crippen LogP) is 2.48. The van der Waals surface area contributed by atoms with Crippen LogP contribution in [0.15, 0.2) is 54.6 Å². The molecule has 0 aliphatic carbocycles. The van der Waals surface area contributed by atoms with Crippen LogP contribution >= 0.6 is 11.8 Å². The van der Waals surface area contributed by atoms with E-state index >= 15 is 0 Å². The summed E-state index contributed by atoms with van der Waals surface area (Å²) >= 11 is 1.66. The Labute approximate surface area is 134 Å². The number of hydrogen-bond donors (Lipinski definition) is 3. The Morgan fingerprint density at radius 1 is 1.00 bits per heavy atom. The molecule has 1 fully saturated rings. The number of nitrogens with one attached hydrogen (secondary N) is 3. The molecule has 0 bridgehead atoms. The highest BCUT2D eigenvalue weighted by molar-refractivity contribution is 7.99. The molecule has 1 saturated heterocycles. The fourth-order valence-corrected chi connectivity index (χ4v) is 3.40. The number of rotatable bonds is 4. The van der Waals surface area contributed by atoms with Crippen molar-refractivity contribution < 1.29 is 4.79 Å². The molecule has 2 unspecified atom stereocenters. The van der Waals surface area contributed by atoms with Gasteiger partial charge in [-0.15, -0.1) is 11.8 Å². The molecule has 1 heterocycles. The van der Waals surface area contributed by atoms with Crippen molar-refractivity contribution in [3.8, 4) is 0 Å². The molecule has 3 N–H and O–H groups in total. The summed E-state index contributed by atoms with van der Waals surface area (Å²) in [5.41, 5.74) is 9.65. The Hall–Kier alpha value is -1.82. The Morgan fingerprint density at radius 2 is 1.73 bits per heavy atom. The van der Waals surface area contributed by atoms with Crippen molar-refractivity contribution in [1.82, 2.24) is 16.2 Å². The lowest BCUT2D eigenvalue weighted by Gasteiger charge is -2.31. The van der Waals surface area contributed by atoms with Crippen LogP contribution in [-0.4, -0.2) is 11.4 Å². The Kier molecular flexibility index (Phi) is 4.77. The Bertz CT molecular complexity index is 647. The van der Waals surface area contributed by atoms with Gasteiger partial charge < -0.3 is 5.32 Å². The van der Waals surface area contributed by atoms with Gasteiger partial charge in [0.05, 0.1) is 0 Å². The van der Waals surface area contributed by atoms with Crippen molar-refractivity contribution in [2.75, 3.05) is 0 Å². The van der Waals surface area contributed by atoms with Crippen molar-refractivity contribution in [1.29, 1.82) is 0 Å². The molecule has 0 spiro atoms. The number of hydrazine groups is 1. The summed E-state index contributed by atoms with van der Waals surface area (Å²) in [4.78, 5) is 12.3. The highest BCUT2D eigenvalue weighted by Crippen LogP contribution is 2.21. The van der Waals surface area contributed by atoms with Gasteiger partial charge in [-0.2, -0.15) is 0 Å². The smallest absolute Gasteiger partial charge is 0.244 e. The summed E-state index contributed by atoms with van der Waals surface area (Å²) < 4.78 is 0. The lowest BCUT2D eigenvalue weighted by Crippen LogP contribution is -2.60. The fourth-order valence-electron chi connectivity index (χ4n) is 2.38. The third-order valence-corrected chi connectivity index (χ3v) is 4.74. The minimum Gasteiger partial charge on any atom is -0.329 e. The largest absolute Gasteiger partial charge is 0.329 e. The van der Waals surface area contributed by atoms with Gasteiger partial charge in [0.2, 0.25) is 5.91 Å². The summed E-state index contributed by atoms with van der Waals surface area (Å²) in [6.07, 6.45) is 0. The number of hydrogen-bond acceptors (Lipinski definition) is 4. The molecule has 114 valence electrons. The van der Waals surface area contributed by atoms with Gasteiger partial charge in [-0.05, 0) is 23.6 Å². The van der Waals surface area contributed by atoms with Gasteiger partial charge >= 0.3 is 0 Å². The quantitative estimate of drug-likeness (QED) is 0.812. The van der Waals surface area contributed by atoms with Crippen LogP contribution in [0.2, 0.25) is 0 Å². The van der Waals surface area contributed by atoms with E-state index in [1.165, 1.54) is 11.1 Å². The van der Waals surface area contributed by atoms with Crippen LogP contribution in [0.4, 0.5) is 0 Å². The van der Waals surface area contributed by atoms with E-state index in [1.807, 2.05) is 42.5 Å². The van der Waals surface area contributed by atoms with Gasteiger partial charge in [-0.25, -0.2) is 10.9 Å². The molecule has 5 heteroatoms. The van der Waals surface area contributed by atoms with Gasteiger partial charge in [0, 0.05) is 5.75 Å². The highest BCUT2D eigenvalue weighted by atomic mass is 32.2. The maximum absolute atomic E-state index is 12.3. The minimum absolute atomic E-state index is 0.00719. The second-order valence-electron chi connectivity index (χ2n) is 5.26. The molecule has 2 aromatic carbocycles. The maximum Gasteiger partial charge on any atom is 0.244 e. The predicted molar refractivity (Wildman–Crippen MR) is 89.9 cm³/mol.